The molecule has 8 nitrogen and oxygen atoms in total. The van der Waals surface area contributed by atoms with Crippen molar-refractivity contribution < 1.29 is 19.2 Å². The van der Waals surface area contributed by atoms with Gasteiger partial charge in [0.1, 0.15) is 5.69 Å². The Morgan fingerprint density at radius 1 is 1.22 bits per heavy atom. The molecule has 27 heavy (non-hydrogen) atoms. The van der Waals surface area contributed by atoms with Crippen molar-refractivity contribution in [1.82, 2.24) is 0 Å². The molecule has 136 valence electrons. The highest BCUT2D eigenvalue weighted by molar-refractivity contribution is 5.98. The van der Waals surface area contributed by atoms with Gasteiger partial charge in [-0.1, -0.05) is 24.3 Å². The van der Waals surface area contributed by atoms with E-state index in [-0.39, 0.29) is 11.4 Å². The standard InChI is InChI=1S/C19H15N3O5/c1-13(19(24)21-16-4-2-3-5-17(16)22(25)26)27-18(23)11-10-14-6-8-15(12-20)9-7-14/h2-11,13H,1H3,(H,21,24)/b11-10+/t13-/m0/s1. The fourth-order valence-electron chi connectivity index (χ4n) is 2.07. The summed E-state index contributed by atoms with van der Waals surface area (Å²) >= 11 is 0. The van der Waals surface area contributed by atoms with Crippen molar-refractivity contribution in [2.45, 2.75) is 13.0 Å². The zero-order valence-electron chi connectivity index (χ0n) is 14.3. The van der Waals surface area contributed by atoms with E-state index in [4.69, 9.17) is 10.00 Å². The van der Waals surface area contributed by atoms with Gasteiger partial charge in [0.05, 0.1) is 16.6 Å². The Bertz CT molecular complexity index is 929. The van der Waals surface area contributed by atoms with Crippen molar-refractivity contribution in [2.24, 2.45) is 0 Å². The summed E-state index contributed by atoms with van der Waals surface area (Å²) in [5.74, 6) is -1.44. The van der Waals surface area contributed by atoms with E-state index < -0.39 is 22.9 Å². The number of nitriles is 1. The Morgan fingerprint density at radius 2 is 1.89 bits per heavy atom. The minimum atomic E-state index is -1.15. The molecule has 0 saturated carbocycles. The minimum Gasteiger partial charge on any atom is -0.449 e. The largest absolute Gasteiger partial charge is 0.449 e. The second-order valence-corrected chi connectivity index (χ2v) is 5.41. The molecule has 0 aliphatic carbocycles. The molecule has 8 heteroatoms. The maximum atomic E-state index is 12.1. The predicted octanol–water partition coefficient (Wildman–Crippen LogP) is 3.05. The molecule has 0 unspecified atom stereocenters. The molecule has 1 N–H and O–H groups in total. The van der Waals surface area contributed by atoms with Crippen LogP contribution < -0.4 is 5.32 Å². The number of nitrogens with zero attached hydrogens (tertiary/aromatic N) is 2. The van der Waals surface area contributed by atoms with Crippen LogP contribution in [0.4, 0.5) is 11.4 Å². The van der Waals surface area contributed by atoms with E-state index in [1.54, 1.807) is 30.3 Å². The zero-order valence-corrected chi connectivity index (χ0v) is 14.3. The number of carbonyl (C=O) groups excluding carboxylic acids is 2. The number of nitro benzene ring substituents is 1. The van der Waals surface area contributed by atoms with Gasteiger partial charge in [0.15, 0.2) is 6.10 Å². The number of benzene rings is 2. The summed E-state index contributed by atoms with van der Waals surface area (Å²) in [6.07, 6.45) is 1.48. The maximum Gasteiger partial charge on any atom is 0.331 e. The van der Waals surface area contributed by atoms with Crippen molar-refractivity contribution in [3.63, 3.8) is 0 Å². The van der Waals surface area contributed by atoms with Crippen LogP contribution in [0.3, 0.4) is 0 Å². The number of carbonyl (C=O) groups is 2. The Labute approximate surface area is 154 Å². The molecule has 0 spiro atoms. The fourth-order valence-corrected chi connectivity index (χ4v) is 2.07. The molecule has 0 radical (unpaired) electrons. The quantitative estimate of drug-likeness (QED) is 0.363. The number of hydrogen-bond acceptors (Lipinski definition) is 6. The highest BCUT2D eigenvalue weighted by Crippen LogP contribution is 2.23. The topological polar surface area (TPSA) is 122 Å². The normalized spacial score (nSPS) is 11.4. The number of esters is 1. The van der Waals surface area contributed by atoms with Crippen LogP contribution in [0.15, 0.2) is 54.6 Å². The summed E-state index contributed by atoms with van der Waals surface area (Å²) < 4.78 is 4.99. The lowest BCUT2D eigenvalue weighted by Crippen LogP contribution is -2.29. The summed E-state index contributed by atoms with van der Waals surface area (Å²) in [5, 5.41) is 22.1. The first-order chi connectivity index (χ1) is 12.9. The molecule has 0 saturated heterocycles. The fraction of sp³-hybridized carbons (Fsp3) is 0.105. The number of nitrogens with one attached hydrogen (secondary N) is 1. The van der Waals surface area contributed by atoms with Crippen LogP contribution in [0.2, 0.25) is 0 Å². The Hall–Kier alpha value is -3.99. The van der Waals surface area contributed by atoms with Crippen LogP contribution in [0, 0.1) is 21.4 Å². The van der Waals surface area contributed by atoms with E-state index in [2.05, 4.69) is 5.32 Å². The van der Waals surface area contributed by atoms with E-state index in [1.165, 1.54) is 31.2 Å². The van der Waals surface area contributed by atoms with Gasteiger partial charge in [-0.3, -0.25) is 14.9 Å². The van der Waals surface area contributed by atoms with Crippen LogP contribution in [-0.2, 0) is 14.3 Å². The van der Waals surface area contributed by atoms with Crippen LogP contribution in [-0.4, -0.2) is 22.9 Å². The third kappa shape index (κ3) is 5.51. The summed E-state index contributed by atoms with van der Waals surface area (Å²) in [4.78, 5) is 34.3. The van der Waals surface area contributed by atoms with Crippen LogP contribution in [0.5, 0.6) is 0 Å². The third-order valence-corrected chi connectivity index (χ3v) is 3.47. The molecule has 0 bridgehead atoms. The van der Waals surface area contributed by atoms with Crippen molar-refractivity contribution in [1.29, 1.82) is 5.26 Å². The number of amides is 1. The van der Waals surface area contributed by atoms with E-state index >= 15 is 0 Å². The van der Waals surface area contributed by atoms with E-state index in [0.29, 0.717) is 11.1 Å². The Morgan fingerprint density at radius 3 is 2.52 bits per heavy atom. The lowest BCUT2D eigenvalue weighted by molar-refractivity contribution is -0.383. The third-order valence-electron chi connectivity index (χ3n) is 3.47. The molecule has 0 aromatic heterocycles. The first kappa shape index (κ1) is 19.3. The van der Waals surface area contributed by atoms with Gasteiger partial charge in [-0.05, 0) is 36.8 Å². The van der Waals surface area contributed by atoms with Gasteiger partial charge in [-0.25, -0.2) is 4.79 Å². The van der Waals surface area contributed by atoms with Crippen molar-refractivity contribution in [2.75, 3.05) is 5.32 Å². The summed E-state index contributed by atoms with van der Waals surface area (Å²) in [6.45, 7) is 1.36. The summed E-state index contributed by atoms with van der Waals surface area (Å²) in [6, 6.07) is 14.2. The Balaban J connectivity index is 1.95. The average Bonchev–Trinajstić information content (AvgIpc) is 2.67. The van der Waals surface area contributed by atoms with Crippen molar-refractivity contribution in [3.05, 3.63) is 75.8 Å². The van der Waals surface area contributed by atoms with Gasteiger partial charge in [-0.2, -0.15) is 5.26 Å². The van der Waals surface area contributed by atoms with E-state index in [9.17, 15) is 19.7 Å². The number of para-hydroxylation sites is 2. The lowest BCUT2D eigenvalue weighted by atomic mass is 10.1. The van der Waals surface area contributed by atoms with Crippen LogP contribution in [0.1, 0.15) is 18.1 Å². The highest BCUT2D eigenvalue weighted by Gasteiger charge is 2.20. The van der Waals surface area contributed by atoms with Crippen molar-refractivity contribution >= 4 is 29.3 Å². The maximum absolute atomic E-state index is 12.1. The molecule has 0 aliphatic rings. The second kappa shape index (κ2) is 8.92. The molecule has 2 rings (SSSR count). The van der Waals surface area contributed by atoms with Crippen LogP contribution in [0.25, 0.3) is 6.08 Å². The van der Waals surface area contributed by atoms with Gasteiger partial charge in [-0.15, -0.1) is 0 Å². The van der Waals surface area contributed by atoms with E-state index in [0.717, 1.165) is 6.08 Å². The van der Waals surface area contributed by atoms with E-state index in [1.807, 2.05) is 6.07 Å². The number of nitro groups is 1. The molecule has 2 aromatic rings. The number of rotatable bonds is 6. The molecular formula is C19H15N3O5. The number of anilines is 1. The minimum absolute atomic E-state index is 0.0172. The van der Waals surface area contributed by atoms with Gasteiger partial charge in [0, 0.05) is 12.1 Å². The van der Waals surface area contributed by atoms with Gasteiger partial charge in [0.2, 0.25) is 0 Å². The molecule has 0 aliphatic heterocycles. The van der Waals surface area contributed by atoms with Crippen molar-refractivity contribution in [3.8, 4) is 6.07 Å². The second-order valence-electron chi connectivity index (χ2n) is 5.41. The monoisotopic (exact) mass is 365 g/mol. The number of ether oxygens (including phenoxy) is 1. The van der Waals surface area contributed by atoms with Gasteiger partial charge in [0.25, 0.3) is 11.6 Å². The molecule has 1 atom stereocenters. The molecule has 0 fully saturated rings. The molecular weight excluding hydrogens is 350 g/mol. The first-order valence-electron chi connectivity index (χ1n) is 7.84. The summed E-state index contributed by atoms with van der Waals surface area (Å²) in [7, 11) is 0. The van der Waals surface area contributed by atoms with Gasteiger partial charge >= 0.3 is 5.97 Å². The smallest absolute Gasteiger partial charge is 0.331 e. The van der Waals surface area contributed by atoms with Crippen LogP contribution >= 0.6 is 0 Å². The number of hydrogen-bond donors (Lipinski definition) is 1. The first-order valence-corrected chi connectivity index (χ1v) is 7.84. The molecule has 2 aromatic carbocycles. The SMILES string of the molecule is C[C@H](OC(=O)/C=C/c1ccc(C#N)cc1)C(=O)Nc1ccccc1[N+](=O)[O-]. The van der Waals surface area contributed by atoms with Gasteiger partial charge < -0.3 is 10.1 Å². The zero-order chi connectivity index (χ0) is 19.8. The highest BCUT2D eigenvalue weighted by atomic mass is 16.6. The molecule has 0 heterocycles. The lowest BCUT2D eigenvalue weighted by Gasteiger charge is -2.12. The average molecular weight is 365 g/mol. The summed E-state index contributed by atoms with van der Waals surface area (Å²) in [5.41, 5.74) is 0.937. The Kier molecular flexibility index (Phi) is 6.39. The molecule has 1 amide bonds. The predicted molar refractivity (Wildman–Crippen MR) is 97.5 cm³/mol.